The number of carbonyl (C=O) groups excluding carboxylic acids is 2. The summed E-state index contributed by atoms with van der Waals surface area (Å²) in [7, 11) is 3.50. The zero-order chi connectivity index (χ0) is 22.7. The highest BCUT2D eigenvalue weighted by atomic mass is 16.5. The van der Waals surface area contributed by atoms with Crippen LogP contribution in [-0.2, 0) is 29.0 Å². The zero-order valence-electron chi connectivity index (χ0n) is 19.1. The van der Waals surface area contributed by atoms with Gasteiger partial charge in [0, 0.05) is 51.5 Å². The van der Waals surface area contributed by atoms with Crippen LogP contribution >= 0.6 is 0 Å². The Hall–Kier alpha value is -3.16. The minimum atomic E-state index is 0.101. The molecule has 8 nitrogen and oxygen atoms in total. The highest BCUT2D eigenvalue weighted by molar-refractivity contribution is 5.79. The number of aromatic nitrogens is 2. The van der Waals surface area contributed by atoms with Crippen molar-refractivity contribution in [3.05, 3.63) is 46.9 Å². The molecule has 0 radical (unpaired) electrons. The minimum absolute atomic E-state index is 0.101. The molecule has 1 aromatic carbocycles. The predicted octanol–water partition coefficient (Wildman–Crippen LogP) is 2.38. The second-order valence-corrected chi connectivity index (χ2v) is 8.48. The number of hydrogen-bond donors (Lipinski definition) is 1. The topological polar surface area (TPSA) is 87.7 Å². The molecule has 0 saturated carbocycles. The summed E-state index contributed by atoms with van der Waals surface area (Å²) >= 11 is 0. The Bertz CT molecular complexity index is 967. The fraction of sp³-hybridized carbons (Fsp3) is 0.500. The van der Waals surface area contributed by atoms with Crippen LogP contribution in [0.4, 0.5) is 5.82 Å². The van der Waals surface area contributed by atoms with E-state index in [9.17, 15) is 9.59 Å². The van der Waals surface area contributed by atoms with Crippen LogP contribution in [0.1, 0.15) is 48.3 Å². The van der Waals surface area contributed by atoms with E-state index < -0.39 is 0 Å². The van der Waals surface area contributed by atoms with E-state index in [1.54, 1.807) is 14.0 Å². The van der Waals surface area contributed by atoms with Gasteiger partial charge in [-0.2, -0.15) is 0 Å². The van der Waals surface area contributed by atoms with Crippen molar-refractivity contribution in [3.63, 3.8) is 0 Å². The molecule has 32 heavy (non-hydrogen) atoms. The molecule has 0 spiro atoms. The molecular weight excluding hydrogens is 406 g/mol. The summed E-state index contributed by atoms with van der Waals surface area (Å²) in [5.74, 6) is 2.94. The highest BCUT2D eigenvalue weighted by Gasteiger charge is 2.29. The maximum Gasteiger partial charge on any atom is 0.227 e. The van der Waals surface area contributed by atoms with Crippen LogP contribution in [0.15, 0.2) is 24.3 Å². The number of likely N-dealkylation sites (tertiary alicyclic amines) is 1. The molecule has 2 aliphatic heterocycles. The third-order valence-electron chi connectivity index (χ3n) is 6.49. The Labute approximate surface area is 189 Å². The van der Waals surface area contributed by atoms with Crippen LogP contribution < -0.4 is 10.1 Å². The molecule has 8 heteroatoms. The second-order valence-electron chi connectivity index (χ2n) is 8.48. The van der Waals surface area contributed by atoms with E-state index in [4.69, 9.17) is 14.7 Å². The maximum atomic E-state index is 12.9. The molecule has 1 fully saturated rings. The van der Waals surface area contributed by atoms with Gasteiger partial charge in [-0.3, -0.25) is 9.59 Å². The number of amides is 2. The number of hydrogen-bond acceptors (Lipinski definition) is 6. The van der Waals surface area contributed by atoms with Crippen molar-refractivity contribution in [2.75, 3.05) is 39.1 Å². The van der Waals surface area contributed by atoms with Crippen molar-refractivity contribution < 1.29 is 14.3 Å². The van der Waals surface area contributed by atoms with E-state index in [2.05, 4.69) is 5.32 Å². The average molecular weight is 438 g/mol. The number of ether oxygens (including phenoxy) is 1. The number of nitrogens with one attached hydrogen (secondary N) is 1. The van der Waals surface area contributed by atoms with E-state index in [1.165, 1.54) is 0 Å². The fourth-order valence-electron chi connectivity index (χ4n) is 4.52. The predicted molar refractivity (Wildman–Crippen MR) is 122 cm³/mol. The van der Waals surface area contributed by atoms with Gasteiger partial charge in [0.05, 0.1) is 25.8 Å². The molecular formula is C24H31N5O3. The van der Waals surface area contributed by atoms with Crippen LogP contribution in [0.3, 0.4) is 0 Å². The van der Waals surface area contributed by atoms with Gasteiger partial charge in [0.2, 0.25) is 11.8 Å². The molecule has 2 aliphatic rings. The van der Waals surface area contributed by atoms with Crippen molar-refractivity contribution in [2.45, 2.75) is 45.1 Å². The molecule has 2 aromatic rings. The number of methoxy groups -OCH3 is 1. The summed E-state index contributed by atoms with van der Waals surface area (Å²) in [4.78, 5) is 38.0. The van der Waals surface area contributed by atoms with Crippen LogP contribution in [0.25, 0.3) is 0 Å². The third-order valence-corrected chi connectivity index (χ3v) is 6.49. The second kappa shape index (κ2) is 9.54. The quantitative estimate of drug-likeness (QED) is 0.773. The first-order valence-corrected chi connectivity index (χ1v) is 11.2. The van der Waals surface area contributed by atoms with E-state index in [0.717, 1.165) is 66.6 Å². The highest BCUT2D eigenvalue weighted by Crippen LogP contribution is 2.30. The minimum Gasteiger partial charge on any atom is -0.497 e. The molecule has 4 rings (SSSR count). The van der Waals surface area contributed by atoms with E-state index in [1.807, 2.05) is 41.1 Å². The number of benzene rings is 1. The molecule has 0 atom stereocenters. The van der Waals surface area contributed by atoms with Crippen molar-refractivity contribution >= 4 is 17.6 Å². The Morgan fingerprint density at radius 3 is 2.44 bits per heavy atom. The number of carbonyl (C=O) groups is 2. The lowest BCUT2D eigenvalue weighted by Crippen LogP contribution is -2.39. The summed E-state index contributed by atoms with van der Waals surface area (Å²) in [5, 5.41) is 3.22. The van der Waals surface area contributed by atoms with Gasteiger partial charge >= 0.3 is 0 Å². The van der Waals surface area contributed by atoms with Crippen LogP contribution in [-0.4, -0.2) is 65.4 Å². The summed E-state index contributed by atoms with van der Waals surface area (Å²) in [6.07, 6.45) is 2.85. The van der Waals surface area contributed by atoms with E-state index in [0.29, 0.717) is 19.5 Å². The maximum absolute atomic E-state index is 12.9. The van der Waals surface area contributed by atoms with Crippen LogP contribution in [0.2, 0.25) is 0 Å². The van der Waals surface area contributed by atoms with Crippen molar-refractivity contribution in [1.29, 1.82) is 0 Å². The Morgan fingerprint density at radius 2 is 1.81 bits per heavy atom. The summed E-state index contributed by atoms with van der Waals surface area (Å²) in [5.41, 5.74) is 3.01. The first-order valence-electron chi connectivity index (χ1n) is 11.2. The summed E-state index contributed by atoms with van der Waals surface area (Å²) in [6.45, 7) is 4.30. The lowest BCUT2D eigenvalue weighted by atomic mass is 9.95. The lowest BCUT2D eigenvalue weighted by molar-refractivity contribution is -0.131. The molecule has 0 bridgehead atoms. The molecule has 1 N–H and O–H groups in total. The van der Waals surface area contributed by atoms with E-state index >= 15 is 0 Å². The summed E-state index contributed by atoms with van der Waals surface area (Å²) in [6, 6.07) is 7.62. The molecule has 0 unspecified atom stereocenters. The number of fused-ring (bicyclic) bond motifs is 1. The third kappa shape index (κ3) is 4.69. The van der Waals surface area contributed by atoms with Gasteiger partial charge in [-0.1, -0.05) is 12.1 Å². The monoisotopic (exact) mass is 437 g/mol. The van der Waals surface area contributed by atoms with Gasteiger partial charge in [0.25, 0.3) is 0 Å². The van der Waals surface area contributed by atoms with E-state index in [-0.39, 0.29) is 17.7 Å². The number of anilines is 1. The summed E-state index contributed by atoms with van der Waals surface area (Å²) < 4.78 is 5.19. The van der Waals surface area contributed by atoms with Crippen LogP contribution in [0, 0.1) is 0 Å². The van der Waals surface area contributed by atoms with Gasteiger partial charge in [0.15, 0.2) is 0 Å². The molecule has 2 amide bonds. The molecule has 1 aromatic heterocycles. The standard InChI is InChI=1S/C24H31N5O3/c1-16(30)28-11-8-18(9-12-28)23-26-21-10-13-29(15-20(21)24(25-2)27-23)22(31)14-17-4-6-19(32-3)7-5-17/h4-7,18H,8-15H2,1-3H3,(H,25,26,27). The lowest BCUT2D eigenvalue weighted by Gasteiger charge is -2.33. The smallest absolute Gasteiger partial charge is 0.227 e. The number of piperidine rings is 1. The average Bonchev–Trinajstić information content (AvgIpc) is 2.83. The molecule has 170 valence electrons. The van der Waals surface area contributed by atoms with Crippen molar-refractivity contribution in [3.8, 4) is 5.75 Å². The van der Waals surface area contributed by atoms with Crippen LogP contribution in [0.5, 0.6) is 5.75 Å². The van der Waals surface area contributed by atoms with Gasteiger partial charge in [-0.05, 0) is 30.5 Å². The Morgan fingerprint density at radius 1 is 1.09 bits per heavy atom. The first kappa shape index (κ1) is 22.0. The van der Waals surface area contributed by atoms with Gasteiger partial charge < -0.3 is 19.9 Å². The normalized spacial score (nSPS) is 16.5. The largest absolute Gasteiger partial charge is 0.497 e. The first-order chi connectivity index (χ1) is 15.5. The zero-order valence-corrected chi connectivity index (χ0v) is 19.1. The fourth-order valence-corrected chi connectivity index (χ4v) is 4.52. The molecule has 3 heterocycles. The van der Waals surface area contributed by atoms with Gasteiger partial charge in [0.1, 0.15) is 17.4 Å². The Kier molecular flexibility index (Phi) is 6.58. The van der Waals surface area contributed by atoms with Gasteiger partial charge in [-0.15, -0.1) is 0 Å². The van der Waals surface area contributed by atoms with Crippen molar-refractivity contribution in [2.24, 2.45) is 0 Å². The van der Waals surface area contributed by atoms with Crippen molar-refractivity contribution in [1.82, 2.24) is 19.8 Å². The number of rotatable bonds is 5. The molecule has 0 aliphatic carbocycles. The van der Waals surface area contributed by atoms with Gasteiger partial charge in [-0.25, -0.2) is 9.97 Å². The SMILES string of the molecule is CNc1nc(C2CCN(C(C)=O)CC2)nc2c1CN(C(=O)Cc1ccc(OC)cc1)CC2. The number of nitrogens with zero attached hydrogens (tertiary/aromatic N) is 4. The molecule has 1 saturated heterocycles. The Balaban J connectivity index is 1.46.